The summed E-state index contributed by atoms with van der Waals surface area (Å²) in [5, 5.41) is 14.0. The summed E-state index contributed by atoms with van der Waals surface area (Å²) < 4.78 is 16.0. The van der Waals surface area contributed by atoms with E-state index in [-0.39, 0.29) is 16.5 Å². The maximum Gasteiger partial charge on any atom is 0.242 e. The number of nitrogens with zero attached hydrogens (tertiary/aromatic N) is 5. The van der Waals surface area contributed by atoms with Gasteiger partial charge in [0, 0.05) is 17.1 Å². The van der Waals surface area contributed by atoms with Gasteiger partial charge in [0.1, 0.15) is 18.2 Å². The van der Waals surface area contributed by atoms with Gasteiger partial charge in [0.2, 0.25) is 5.91 Å². The van der Waals surface area contributed by atoms with Crippen LogP contribution in [-0.4, -0.2) is 50.6 Å². The van der Waals surface area contributed by atoms with Gasteiger partial charge >= 0.3 is 0 Å². The zero-order valence-corrected chi connectivity index (χ0v) is 14.5. The molecule has 7 nitrogen and oxygen atoms in total. The molecule has 3 rings (SSSR count). The summed E-state index contributed by atoms with van der Waals surface area (Å²) in [5.74, 6) is -0.722. The van der Waals surface area contributed by atoms with Crippen LogP contribution < -0.4 is 5.32 Å². The number of carbonyl (C=O) groups excluding carboxylic acids is 1. The van der Waals surface area contributed by atoms with E-state index in [9.17, 15) is 9.18 Å². The number of carbonyl (C=O) groups is 1. The minimum Gasteiger partial charge on any atom is -0.353 e. The van der Waals surface area contributed by atoms with E-state index in [2.05, 4.69) is 20.8 Å². The number of benzene rings is 1. The molecule has 1 aliphatic rings. The molecule has 1 aromatic heterocycles. The molecule has 0 radical (unpaired) electrons. The number of nitrogens with one attached hydrogen (secondary N) is 1. The molecule has 2 heterocycles. The Kier molecular flexibility index (Phi) is 5.93. The van der Waals surface area contributed by atoms with Gasteiger partial charge in [-0.25, -0.2) is 9.07 Å². The Bertz CT molecular complexity index is 684. The SMILES string of the molecule is O=C(NCCn1cnnn1)C(c1c(F)cccc1Cl)N1CCCCC1. The molecule has 1 unspecified atom stereocenters. The molecule has 134 valence electrons. The lowest BCUT2D eigenvalue weighted by molar-refractivity contribution is -0.127. The van der Waals surface area contributed by atoms with Crippen molar-refractivity contribution in [3.8, 4) is 0 Å². The van der Waals surface area contributed by atoms with Gasteiger partial charge in [-0.15, -0.1) is 5.10 Å². The minimum atomic E-state index is -0.733. The second-order valence-corrected chi connectivity index (χ2v) is 6.41. The molecule has 1 N–H and O–H groups in total. The Balaban J connectivity index is 1.76. The number of likely N-dealkylation sites (tertiary alicyclic amines) is 1. The molecule has 1 fully saturated rings. The number of aromatic nitrogens is 4. The molecule has 1 aromatic carbocycles. The molecule has 0 bridgehead atoms. The molecule has 9 heteroatoms. The van der Waals surface area contributed by atoms with Crippen molar-refractivity contribution >= 4 is 17.5 Å². The number of hydrogen-bond acceptors (Lipinski definition) is 5. The fourth-order valence-corrected chi connectivity index (χ4v) is 3.37. The Morgan fingerprint density at radius 3 is 2.80 bits per heavy atom. The highest BCUT2D eigenvalue weighted by atomic mass is 35.5. The number of rotatable bonds is 6. The zero-order valence-electron chi connectivity index (χ0n) is 13.7. The predicted octanol–water partition coefficient (Wildman–Crippen LogP) is 1.81. The fraction of sp³-hybridized carbons (Fsp3) is 0.500. The van der Waals surface area contributed by atoms with Gasteiger partial charge in [0.15, 0.2) is 0 Å². The Morgan fingerprint density at radius 2 is 2.12 bits per heavy atom. The topological polar surface area (TPSA) is 75.9 Å². The number of piperidine rings is 1. The molecule has 1 aliphatic heterocycles. The Morgan fingerprint density at radius 1 is 1.32 bits per heavy atom. The highest BCUT2D eigenvalue weighted by Gasteiger charge is 2.32. The van der Waals surface area contributed by atoms with Gasteiger partial charge in [-0.1, -0.05) is 24.1 Å². The highest BCUT2D eigenvalue weighted by molar-refractivity contribution is 6.31. The van der Waals surface area contributed by atoms with Crippen molar-refractivity contribution in [1.29, 1.82) is 0 Å². The van der Waals surface area contributed by atoms with E-state index in [1.165, 1.54) is 17.1 Å². The maximum absolute atomic E-state index is 14.4. The van der Waals surface area contributed by atoms with Gasteiger partial charge in [0.25, 0.3) is 0 Å². The summed E-state index contributed by atoms with van der Waals surface area (Å²) in [7, 11) is 0. The molecule has 0 spiro atoms. The van der Waals surface area contributed by atoms with Crippen LogP contribution in [0, 0.1) is 5.82 Å². The van der Waals surface area contributed by atoms with Crippen LogP contribution in [0.5, 0.6) is 0 Å². The second-order valence-electron chi connectivity index (χ2n) is 6.00. The van der Waals surface area contributed by atoms with E-state index < -0.39 is 11.9 Å². The fourth-order valence-electron chi connectivity index (χ4n) is 3.10. The number of hydrogen-bond donors (Lipinski definition) is 1. The van der Waals surface area contributed by atoms with E-state index in [0.29, 0.717) is 13.1 Å². The molecule has 1 atom stereocenters. The Labute approximate surface area is 150 Å². The summed E-state index contributed by atoms with van der Waals surface area (Å²) in [4.78, 5) is 14.8. The van der Waals surface area contributed by atoms with E-state index in [1.807, 2.05) is 4.90 Å². The maximum atomic E-state index is 14.4. The molecule has 25 heavy (non-hydrogen) atoms. The van der Waals surface area contributed by atoms with Crippen LogP contribution in [0.15, 0.2) is 24.5 Å². The van der Waals surface area contributed by atoms with Crippen LogP contribution in [0.1, 0.15) is 30.9 Å². The van der Waals surface area contributed by atoms with Crippen LogP contribution in [0.3, 0.4) is 0 Å². The lowest BCUT2D eigenvalue weighted by Gasteiger charge is -2.34. The third-order valence-electron chi connectivity index (χ3n) is 4.31. The van der Waals surface area contributed by atoms with Crippen molar-refractivity contribution in [2.75, 3.05) is 19.6 Å². The van der Waals surface area contributed by atoms with E-state index in [0.717, 1.165) is 32.4 Å². The quantitative estimate of drug-likeness (QED) is 0.843. The first-order valence-corrected chi connectivity index (χ1v) is 8.71. The van der Waals surface area contributed by atoms with Gasteiger partial charge in [0.05, 0.1) is 6.54 Å². The molecule has 1 amide bonds. The van der Waals surface area contributed by atoms with Crippen molar-refractivity contribution in [3.63, 3.8) is 0 Å². The van der Waals surface area contributed by atoms with Crippen molar-refractivity contribution in [2.24, 2.45) is 0 Å². The number of tetrazole rings is 1. The van der Waals surface area contributed by atoms with Gasteiger partial charge in [-0.3, -0.25) is 9.69 Å². The normalized spacial score (nSPS) is 16.6. The summed E-state index contributed by atoms with van der Waals surface area (Å²) in [5.41, 5.74) is 0.242. The molecule has 1 saturated heterocycles. The largest absolute Gasteiger partial charge is 0.353 e. The standard InChI is InChI=1S/C16H20ClFN6O/c17-12-5-4-6-13(18)14(12)15(23-8-2-1-3-9-23)16(25)19-7-10-24-11-20-21-22-24/h4-6,11,15H,1-3,7-10H2,(H,19,25). The van der Waals surface area contributed by atoms with Gasteiger partial charge in [-0.05, 0) is 48.5 Å². The van der Waals surface area contributed by atoms with Gasteiger partial charge in [-0.2, -0.15) is 0 Å². The van der Waals surface area contributed by atoms with Crippen molar-refractivity contribution < 1.29 is 9.18 Å². The second kappa shape index (κ2) is 8.35. The minimum absolute atomic E-state index is 0.242. The van der Waals surface area contributed by atoms with Crippen molar-refractivity contribution in [3.05, 3.63) is 40.9 Å². The smallest absolute Gasteiger partial charge is 0.242 e. The summed E-state index contributed by atoms with van der Waals surface area (Å²) in [6.07, 6.45) is 4.57. The highest BCUT2D eigenvalue weighted by Crippen LogP contribution is 2.32. The van der Waals surface area contributed by atoms with Crippen LogP contribution in [0.25, 0.3) is 0 Å². The monoisotopic (exact) mass is 366 g/mol. The van der Waals surface area contributed by atoms with Crippen LogP contribution >= 0.6 is 11.6 Å². The molecule has 0 aliphatic carbocycles. The molecular formula is C16H20ClFN6O. The molecule has 2 aromatic rings. The van der Waals surface area contributed by atoms with Crippen LogP contribution in [-0.2, 0) is 11.3 Å². The first kappa shape index (κ1) is 17.8. The van der Waals surface area contributed by atoms with E-state index in [4.69, 9.17) is 11.6 Å². The third-order valence-corrected chi connectivity index (χ3v) is 4.64. The lowest BCUT2D eigenvalue weighted by Crippen LogP contribution is -2.44. The number of amides is 1. The van der Waals surface area contributed by atoms with Crippen LogP contribution in [0.4, 0.5) is 4.39 Å². The first-order valence-electron chi connectivity index (χ1n) is 8.33. The summed E-state index contributed by atoms with van der Waals surface area (Å²) >= 11 is 6.23. The molecule has 0 saturated carbocycles. The van der Waals surface area contributed by atoms with E-state index >= 15 is 0 Å². The number of halogens is 2. The summed E-state index contributed by atoms with van der Waals surface area (Å²) in [6, 6.07) is 3.77. The lowest BCUT2D eigenvalue weighted by atomic mass is 10.00. The average Bonchev–Trinajstić information content (AvgIpc) is 3.12. The average molecular weight is 367 g/mol. The summed E-state index contributed by atoms with van der Waals surface area (Å²) in [6.45, 7) is 2.28. The van der Waals surface area contributed by atoms with E-state index in [1.54, 1.807) is 12.1 Å². The third kappa shape index (κ3) is 4.32. The van der Waals surface area contributed by atoms with Crippen LogP contribution in [0.2, 0.25) is 5.02 Å². The van der Waals surface area contributed by atoms with Crippen molar-refractivity contribution in [1.82, 2.24) is 30.4 Å². The van der Waals surface area contributed by atoms with Crippen molar-refractivity contribution in [2.45, 2.75) is 31.8 Å². The Hall–Kier alpha value is -2.06. The first-order chi connectivity index (χ1) is 12.2. The van der Waals surface area contributed by atoms with Gasteiger partial charge < -0.3 is 5.32 Å². The predicted molar refractivity (Wildman–Crippen MR) is 90.4 cm³/mol. The molecular weight excluding hydrogens is 347 g/mol. The zero-order chi connectivity index (χ0) is 17.6.